The van der Waals surface area contributed by atoms with Gasteiger partial charge < -0.3 is 5.32 Å². The topological polar surface area (TPSA) is 37.8 Å². The fourth-order valence-electron chi connectivity index (χ4n) is 1.35. The predicted octanol–water partition coefficient (Wildman–Crippen LogP) is 2.26. The summed E-state index contributed by atoms with van der Waals surface area (Å²) in [6.45, 7) is 0. The highest BCUT2D eigenvalue weighted by Gasteiger charge is 2.11. The number of halogens is 1. The van der Waals surface area contributed by atoms with Crippen LogP contribution in [0.25, 0.3) is 0 Å². The summed E-state index contributed by atoms with van der Waals surface area (Å²) in [5.41, 5.74) is 0. The van der Waals surface area contributed by atoms with Crippen LogP contribution in [0.5, 0.6) is 0 Å². The molecule has 0 bridgehead atoms. The Hall–Kier alpha value is -1.09. The molecule has 1 N–H and O–H groups in total. The number of aromatic nitrogens is 2. The van der Waals surface area contributed by atoms with Crippen molar-refractivity contribution in [3.8, 4) is 0 Å². The standard InChI is InChI=1S/C9H10ClN3/c10-8-9(12-6-5-11-8)13-7-3-1-2-4-7/h1-2,5-7H,3-4H2,(H,12,13). The van der Waals surface area contributed by atoms with Crippen LogP contribution in [0.3, 0.4) is 0 Å². The maximum atomic E-state index is 5.85. The Bertz CT molecular complexity index is 316. The van der Waals surface area contributed by atoms with Gasteiger partial charge in [-0.15, -0.1) is 0 Å². The third kappa shape index (κ3) is 1.98. The van der Waals surface area contributed by atoms with E-state index in [1.807, 2.05) is 0 Å². The van der Waals surface area contributed by atoms with Crippen molar-refractivity contribution in [1.82, 2.24) is 9.97 Å². The maximum absolute atomic E-state index is 5.85. The van der Waals surface area contributed by atoms with Crippen LogP contribution < -0.4 is 5.32 Å². The minimum atomic E-state index is 0.425. The van der Waals surface area contributed by atoms with Crippen LogP contribution in [0.2, 0.25) is 5.15 Å². The molecule has 1 heterocycles. The zero-order chi connectivity index (χ0) is 9.10. The summed E-state index contributed by atoms with van der Waals surface area (Å²) in [5.74, 6) is 0.679. The van der Waals surface area contributed by atoms with E-state index in [0.717, 1.165) is 12.8 Å². The summed E-state index contributed by atoms with van der Waals surface area (Å²) in [6, 6.07) is 0.425. The number of hydrogen-bond donors (Lipinski definition) is 1. The van der Waals surface area contributed by atoms with Gasteiger partial charge in [-0.05, 0) is 12.8 Å². The van der Waals surface area contributed by atoms with E-state index < -0.39 is 0 Å². The van der Waals surface area contributed by atoms with Gasteiger partial charge in [0.25, 0.3) is 0 Å². The van der Waals surface area contributed by atoms with Crippen LogP contribution in [0.4, 0.5) is 5.82 Å². The molecular weight excluding hydrogens is 186 g/mol. The van der Waals surface area contributed by atoms with Crippen molar-refractivity contribution in [2.75, 3.05) is 5.32 Å². The van der Waals surface area contributed by atoms with E-state index in [1.165, 1.54) is 0 Å². The van der Waals surface area contributed by atoms with Crippen LogP contribution in [0.1, 0.15) is 12.8 Å². The van der Waals surface area contributed by atoms with Gasteiger partial charge in [0.1, 0.15) is 0 Å². The van der Waals surface area contributed by atoms with Gasteiger partial charge in [-0.1, -0.05) is 23.8 Å². The molecule has 0 unspecified atom stereocenters. The maximum Gasteiger partial charge on any atom is 0.171 e. The largest absolute Gasteiger partial charge is 0.364 e. The van der Waals surface area contributed by atoms with E-state index in [2.05, 4.69) is 27.4 Å². The van der Waals surface area contributed by atoms with Crippen LogP contribution in [-0.4, -0.2) is 16.0 Å². The molecule has 0 spiro atoms. The summed E-state index contributed by atoms with van der Waals surface area (Å²) >= 11 is 5.85. The molecule has 0 atom stereocenters. The minimum Gasteiger partial charge on any atom is -0.364 e. The first-order chi connectivity index (χ1) is 6.36. The summed E-state index contributed by atoms with van der Waals surface area (Å²) in [5, 5.41) is 3.68. The van der Waals surface area contributed by atoms with Crippen LogP contribution >= 0.6 is 11.6 Å². The first-order valence-corrected chi connectivity index (χ1v) is 4.62. The van der Waals surface area contributed by atoms with Gasteiger partial charge in [0.05, 0.1) is 0 Å². The summed E-state index contributed by atoms with van der Waals surface area (Å²) in [6.07, 6.45) is 9.60. The second-order valence-electron chi connectivity index (χ2n) is 2.98. The lowest BCUT2D eigenvalue weighted by atomic mass is 10.2. The Labute approximate surface area is 81.9 Å². The lowest BCUT2D eigenvalue weighted by Gasteiger charge is -2.12. The van der Waals surface area contributed by atoms with Gasteiger partial charge >= 0.3 is 0 Å². The number of hydrogen-bond acceptors (Lipinski definition) is 3. The quantitative estimate of drug-likeness (QED) is 0.736. The molecule has 0 radical (unpaired) electrons. The van der Waals surface area contributed by atoms with E-state index >= 15 is 0 Å². The highest BCUT2D eigenvalue weighted by molar-refractivity contribution is 6.31. The van der Waals surface area contributed by atoms with Crippen molar-refractivity contribution in [3.63, 3.8) is 0 Å². The monoisotopic (exact) mass is 195 g/mol. The minimum absolute atomic E-state index is 0.425. The SMILES string of the molecule is Clc1nccnc1NC1CC=CC1. The van der Waals surface area contributed by atoms with Gasteiger partial charge in [0.2, 0.25) is 0 Å². The first kappa shape index (κ1) is 8.51. The fraction of sp³-hybridized carbons (Fsp3) is 0.333. The number of rotatable bonds is 2. The molecule has 3 nitrogen and oxygen atoms in total. The van der Waals surface area contributed by atoms with E-state index in [9.17, 15) is 0 Å². The van der Waals surface area contributed by atoms with E-state index in [4.69, 9.17) is 11.6 Å². The summed E-state index contributed by atoms with van der Waals surface area (Å²) < 4.78 is 0. The molecule has 1 aliphatic carbocycles. The molecule has 0 saturated heterocycles. The summed E-state index contributed by atoms with van der Waals surface area (Å²) in [4.78, 5) is 8.05. The van der Waals surface area contributed by atoms with Crippen molar-refractivity contribution < 1.29 is 0 Å². The third-order valence-corrected chi connectivity index (χ3v) is 2.28. The Morgan fingerprint density at radius 2 is 1.92 bits per heavy atom. The zero-order valence-electron chi connectivity index (χ0n) is 7.07. The average Bonchev–Trinajstić information content (AvgIpc) is 2.61. The molecule has 4 heteroatoms. The molecule has 1 aromatic rings. The Morgan fingerprint density at radius 3 is 2.62 bits per heavy atom. The second-order valence-corrected chi connectivity index (χ2v) is 3.34. The lowest BCUT2D eigenvalue weighted by Crippen LogP contribution is -2.16. The molecular formula is C9H10ClN3. The fourth-order valence-corrected chi connectivity index (χ4v) is 1.51. The van der Waals surface area contributed by atoms with Crippen molar-refractivity contribution in [2.24, 2.45) is 0 Å². The zero-order valence-corrected chi connectivity index (χ0v) is 7.83. The normalized spacial score (nSPS) is 16.4. The third-order valence-electron chi connectivity index (χ3n) is 2.00. The van der Waals surface area contributed by atoms with Crippen LogP contribution in [0, 0.1) is 0 Å². The molecule has 0 aromatic carbocycles. The van der Waals surface area contributed by atoms with Crippen molar-refractivity contribution in [2.45, 2.75) is 18.9 Å². The molecule has 0 fully saturated rings. The van der Waals surface area contributed by atoms with Crippen molar-refractivity contribution >= 4 is 17.4 Å². The van der Waals surface area contributed by atoms with Crippen LogP contribution in [-0.2, 0) is 0 Å². The number of nitrogens with zero attached hydrogens (tertiary/aromatic N) is 2. The molecule has 2 rings (SSSR count). The highest BCUT2D eigenvalue weighted by atomic mass is 35.5. The summed E-state index contributed by atoms with van der Waals surface area (Å²) in [7, 11) is 0. The predicted molar refractivity (Wildman–Crippen MR) is 52.8 cm³/mol. The molecule has 0 aliphatic heterocycles. The second kappa shape index (κ2) is 3.75. The van der Waals surface area contributed by atoms with Crippen molar-refractivity contribution in [1.29, 1.82) is 0 Å². The van der Waals surface area contributed by atoms with Gasteiger partial charge in [-0.2, -0.15) is 0 Å². The average molecular weight is 196 g/mol. The van der Waals surface area contributed by atoms with E-state index in [0.29, 0.717) is 17.0 Å². The van der Waals surface area contributed by atoms with Crippen molar-refractivity contribution in [3.05, 3.63) is 29.7 Å². The Balaban J connectivity index is 2.05. The molecule has 13 heavy (non-hydrogen) atoms. The van der Waals surface area contributed by atoms with Gasteiger partial charge in [-0.25, -0.2) is 9.97 Å². The van der Waals surface area contributed by atoms with E-state index in [1.54, 1.807) is 12.4 Å². The van der Waals surface area contributed by atoms with E-state index in [-0.39, 0.29) is 0 Å². The van der Waals surface area contributed by atoms with Crippen LogP contribution in [0.15, 0.2) is 24.5 Å². The van der Waals surface area contributed by atoms with Gasteiger partial charge in [0.15, 0.2) is 11.0 Å². The Kier molecular flexibility index (Phi) is 2.45. The molecule has 1 aromatic heterocycles. The lowest BCUT2D eigenvalue weighted by molar-refractivity contribution is 0.779. The first-order valence-electron chi connectivity index (χ1n) is 4.24. The smallest absolute Gasteiger partial charge is 0.171 e. The molecule has 0 saturated carbocycles. The molecule has 0 amide bonds. The molecule has 1 aliphatic rings. The van der Waals surface area contributed by atoms with Gasteiger partial charge in [-0.3, -0.25) is 0 Å². The number of nitrogens with one attached hydrogen (secondary N) is 1. The van der Waals surface area contributed by atoms with Gasteiger partial charge in [0, 0.05) is 18.4 Å². The molecule has 68 valence electrons. The number of anilines is 1. The highest BCUT2D eigenvalue weighted by Crippen LogP contribution is 2.19. The Morgan fingerprint density at radius 1 is 1.23 bits per heavy atom.